The van der Waals surface area contributed by atoms with Crippen molar-refractivity contribution in [1.82, 2.24) is 4.90 Å². The van der Waals surface area contributed by atoms with Crippen LogP contribution < -0.4 is 0 Å². The van der Waals surface area contributed by atoms with Crippen molar-refractivity contribution in [3.63, 3.8) is 0 Å². The molecule has 3 aliphatic rings. The SMILES string of the molecule is OC1COCC1N1CC2(CCCC2)C1. The molecule has 2 unspecified atom stereocenters. The van der Waals surface area contributed by atoms with Crippen LogP contribution in [0.4, 0.5) is 0 Å². The van der Waals surface area contributed by atoms with Crippen molar-refractivity contribution in [3.8, 4) is 0 Å². The molecule has 3 heteroatoms. The molecule has 2 saturated heterocycles. The highest BCUT2D eigenvalue weighted by Gasteiger charge is 2.48. The van der Waals surface area contributed by atoms with Gasteiger partial charge in [-0.05, 0) is 18.3 Å². The Labute approximate surface area is 85.0 Å². The fourth-order valence-electron chi connectivity index (χ4n) is 3.37. The molecule has 1 spiro atoms. The monoisotopic (exact) mass is 197 g/mol. The Kier molecular flexibility index (Phi) is 2.08. The smallest absolute Gasteiger partial charge is 0.0950 e. The fraction of sp³-hybridized carbons (Fsp3) is 1.00. The van der Waals surface area contributed by atoms with Crippen LogP contribution in [0, 0.1) is 5.41 Å². The largest absolute Gasteiger partial charge is 0.389 e. The van der Waals surface area contributed by atoms with E-state index < -0.39 is 0 Å². The van der Waals surface area contributed by atoms with Crippen LogP contribution in [0.1, 0.15) is 25.7 Å². The van der Waals surface area contributed by atoms with Crippen LogP contribution in [0.2, 0.25) is 0 Å². The zero-order chi connectivity index (χ0) is 9.60. The van der Waals surface area contributed by atoms with Gasteiger partial charge in [-0.15, -0.1) is 0 Å². The molecule has 1 aliphatic carbocycles. The van der Waals surface area contributed by atoms with E-state index in [1.807, 2.05) is 0 Å². The van der Waals surface area contributed by atoms with Gasteiger partial charge in [0.15, 0.2) is 0 Å². The molecule has 2 aliphatic heterocycles. The van der Waals surface area contributed by atoms with E-state index in [9.17, 15) is 5.11 Å². The van der Waals surface area contributed by atoms with E-state index in [2.05, 4.69) is 4.90 Å². The van der Waals surface area contributed by atoms with Crippen LogP contribution in [0.5, 0.6) is 0 Å². The standard InChI is InChI=1S/C11H19NO2/c13-10-6-14-5-9(10)12-7-11(8-12)3-1-2-4-11/h9-10,13H,1-8H2. The molecule has 3 fully saturated rings. The van der Waals surface area contributed by atoms with Crippen molar-refractivity contribution in [2.24, 2.45) is 5.41 Å². The van der Waals surface area contributed by atoms with Crippen molar-refractivity contribution in [2.45, 2.75) is 37.8 Å². The number of rotatable bonds is 1. The van der Waals surface area contributed by atoms with Crippen LogP contribution in [-0.2, 0) is 4.74 Å². The van der Waals surface area contributed by atoms with Gasteiger partial charge < -0.3 is 9.84 Å². The van der Waals surface area contributed by atoms with Crippen LogP contribution in [0.3, 0.4) is 0 Å². The Bertz CT molecular complexity index is 217. The third kappa shape index (κ3) is 1.30. The molecule has 0 amide bonds. The number of hydrogen-bond acceptors (Lipinski definition) is 3. The molecule has 1 N–H and O–H groups in total. The number of nitrogens with zero attached hydrogens (tertiary/aromatic N) is 1. The molecular formula is C11H19NO2. The highest BCUT2D eigenvalue weighted by Crippen LogP contribution is 2.46. The van der Waals surface area contributed by atoms with Crippen LogP contribution in [0.25, 0.3) is 0 Å². The van der Waals surface area contributed by atoms with Gasteiger partial charge in [-0.1, -0.05) is 12.8 Å². The second kappa shape index (κ2) is 3.19. The first-order valence-electron chi connectivity index (χ1n) is 5.79. The van der Waals surface area contributed by atoms with Gasteiger partial charge in [0.25, 0.3) is 0 Å². The average Bonchev–Trinajstić information content (AvgIpc) is 2.69. The Hall–Kier alpha value is -0.120. The lowest BCUT2D eigenvalue weighted by atomic mass is 9.77. The summed E-state index contributed by atoms with van der Waals surface area (Å²) in [5.74, 6) is 0. The van der Waals surface area contributed by atoms with Gasteiger partial charge in [-0.3, -0.25) is 4.90 Å². The third-order valence-electron chi connectivity index (χ3n) is 4.23. The highest BCUT2D eigenvalue weighted by molar-refractivity contribution is 5.02. The third-order valence-corrected chi connectivity index (χ3v) is 4.23. The average molecular weight is 197 g/mol. The number of hydrogen-bond donors (Lipinski definition) is 1. The minimum absolute atomic E-state index is 0.242. The summed E-state index contributed by atoms with van der Waals surface area (Å²) < 4.78 is 5.29. The Balaban J connectivity index is 1.58. The minimum Gasteiger partial charge on any atom is -0.389 e. The number of likely N-dealkylation sites (tertiary alicyclic amines) is 1. The van der Waals surface area contributed by atoms with Gasteiger partial charge in [-0.25, -0.2) is 0 Å². The van der Waals surface area contributed by atoms with E-state index in [0.717, 1.165) is 6.61 Å². The number of aliphatic hydroxyl groups is 1. The molecule has 0 aromatic rings. The predicted octanol–water partition coefficient (Wildman–Crippen LogP) is 0.622. The van der Waals surface area contributed by atoms with E-state index in [-0.39, 0.29) is 6.10 Å². The molecule has 1 saturated carbocycles. The maximum atomic E-state index is 9.69. The first-order valence-corrected chi connectivity index (χ1v) is 5.79. The second-order valence-electron chi connectivity index (χ2n) is 5.28. The molecule has 0 aromatic heterocycles. The highest BCUT2D eigenvalue weighted by atomic mass is 16.5. The topological polar surface area (TPSA) is 32.7 Å². The van der Waals surface area contributed by atoms with Gasteiger partial charge in [0.2, 0.25) is 0 Å². The first kappa shape index (κ1) is 9.13. The van der Waals surface area contributed by atoms with Crippen molar-refractivity contribution in [1.29, 1.82) is 0 Å². The molecule has 80 valence electrons. The molecule has 2 heterocycles. The Morgan fingerprint density at radius 2 is 1.86 bits per heavy atom. The molecule has 0 aromatic carbocycles. The van der Waals surface area contributed by atoms with Gasteiger partial charge >= 0.3 is 0 Å². The van der Waals surface area contributed by atoms with Crippen LogP contribution in [0.15, 0.2) is 0 Å². The maximum absolute atomic E-state index is 9.69. The second-order valence-corrected chi connectivity index (χ2v) is 5.28. The van der Waals surface area contributed by atoms with Crippen molar-refractivity contribution in [3.05, 3.63) is 0 Å². The Morgan fingerprint density at radius 1 is 1.14 bits per heavy atom. The van der Waals surface area contributed by atoms with Gasteiger partial charge in [0.05, 0.1) is 25.4 Å². The quantitative estimate of drug-likeness (QED) is 0.669. The van der Waals surface area contributed by atoms with Gasteiger partial charge in [-0.2, -0.15) is 0 Å². The molecule has 3 nitrogen and oxygen atoms in total. The first-order chi connectivity index (χ1) is 6.79. The van der Waals surface area contributed by atoms with E-state index in [1.165, 1.54) is 38.8 Å². The Morgan fingerprint density at radius 3 is 2.43 bits per heavy atom. The van der Waals surface area contributed by atoms with Crippen LogP contribution in [-0.4, -0.2) is 48.5 Å². The van der Waals surface area contributed by atoms with Crippen molar-refractivity contribution >= 4 is 0 Å². The zero-order valence-corrected chi connectivity index (χ0v) is 8.61. The fourth-order valence-corrected chi connectivity index (χ4v) is 3.37. The molecular weight excluding hydrogens is 178 g/mol. The lowest BCUT2D eigenvalue weighted by Crippen LogP contribution is -2.61. The zero-order valence-electron chi connectivity index (χ0n) is 8.61. The van der Waals surface area contributed by atoms with E-state index in [4.69, 9.17) is 4.74 Å². The lowest BCUT2D eigenvalue weighted by molar-refractivity contribution is -0.0521. The predicted molar refractivity (Wildman–Crippen MR) is 53.1 cm³/mol. The summed E-state index contributed by atoms with van der Waals surface area (Å²) in [6, 6.07) is 0.293. The van der Waals surface area contributed by atoms with Crippen molar-refractivity contribution in [2.75, 3.05) is 26.3 Å². The molecule has 0 bridgehead atoms. The summed E-state index contributed by atoms with van der Waals surface area (Å²) in [5.41, 5.74) is 0.641. The van der Waals surface area contributed by atoms with E-state index >= 15 is 0 Å². The summed E-state index contributed by atoms with van der Waals surface area (Å²) in [7, 11) is 0. The summed E-state index contributed by atoms with van der Waals surface area (Å²) in [6.45, 7) is 3.68. The van der Waals surface area contributed by atoms with Gasteiger partial charge in [0.1, 0.15) is 0 Å². The normalized spacial score (nSPS) is 41.8. The van der Waals surface area contributed by atoms with E-state index in [1.54, 1.807) is 0 Å². The number of ether oxygens (including phenoxy) is 1. The molecule has 2 atom stereocenters. The number of aliphatic hydroxyl groups excluding tert-OH is 1. The van der Waals surface area contributed by atoms with Crippen LogP contribution >= 0.6 is 0 Å². The summed E-state index contributed by atoms with van der Waals surface area (Å²) in [5, 5.41) is 9.69. The lowest BCUT2D eigenvalue weighted by Gasteiger charge is -2.51. The molecule has 0 radical (unpaired) electrons. The van der Waals surface area contributed by atoms with E-state index in [0.29, 0.717) is 18.1 Å². The summed E-state index contributed by atoms with van der Waals surface area (Å²) >= 11 is 0. The molecule has 3 rings (SSSR count). The summed E-state index contributed by atoms with van der Waals surface area (Å²) in [6.07, 6.45) is 5.41. The minimum atomic E-state index is -0.242. The van der Waals surface area contributed by atoms with Crippen molar-refractivity contribution < 1.29 is 9.84 Å². The maximum Gasteiger partial charge on any atom is 0.0950 e. The van der Waals surface area contributed by atoms with Gasteiger partial charge in [0, 0.05) is 13.1 Å². The molecule has 14 heavy (non-hydrogen) atoms. The summed E-state index contributed by atoms with van der Waals surface area (Å²) in [4.78, 5) is 2.42.